The zero-order valence-electron chi connectivity index (χ0n) is 16.8. The molecule has 0 aromatic heterocycles. The minimum Gasteiger partial charge on any atom is -0.507 e. The van der Waals surface area contributed by atoms with E-state index in [1.807, 2.05) is 0 Å². The van der Waals surface area contributed by atoms with Crippen molar-refractivity contribution in [2.24, 2.45) is 0 Å². The van der Waals surface area contributed by atoms with Gasteiger partial charge in [-0.3, -0.25) is 4.79 Å². The zero-order valence-corrected chi connectivity index (χ0v) is 16.8. The fourth-order valence-electron chi connectivity index (χ4n) is 4.39. The van der Waals surface area contributed by atoms with Crippen LogP contribution in [0.1, 0.15) is 27.0 Å². The fraction of sp³-hybridized carbons (Fsp3) is 0.167. The summed E-state index contributed by atoms with van der Waals surface area (Å²) in [6, 6.07) is 16.3. The number of ether oxygens (including phenoxy) is 2. The molecule has 1 atom stereocenters. The number of hydrogen-bond donors (Lipinski definition) is 3. The Morgan fingerprint density at radius 3 is 2.38 bits per heavy atom. The van der Waals surface area contributed by atoms with Crippen molar-refractivity contribution in [2.45, 2.75) is 12.0 Å². The van der Waals surface area contributed by atoms with Gasteiger partial charge in [-0.25, -0.2) is 4.79 Å². The van der Waals surface area contributed by atoms with Crippen molar-refractivity contribution >= 4 is 17.6 Å². The van der Waals surface area contributed by atoms with Crippen LogP contribution in [0.25, 0.3) is 0 Å². The van der Waals surface area contributed by atoms with E-state index in [0.29, 0.717) is 22.7 Å². The molecular formula is C24H19NO7. The SMILES string of the molecule is O=C(O)c1ccc(CN2C(=O)C(CO)(c3cc4c(cc3O)OCO4)c3ccccc32)cc1. The number of hydrogen-bond acceptors (Lipinski definition) is 6. The fourth-order valence-corrected chi connectivity index (χ4v) is 4.39. The van der Waals surface area contributed by atoms with Crippen LogP contribution in [0.3, 0.4) is 0 Å². The topological polar surface area (TPSA) is 117 Å². The molecule has 162 valence electrons. The van der Waals surface area contributed by atoms with Gasteiger partial charge in [0.05, 0.1) is 18.7 Å². The Kier molecular flexibility index (Phi) is 4.53. The molecule has 5 rings (SSSR count). The van der Waals surface area contributed by atoms with Crippen LogP contribution in [0.5, 0.6) is 17.2 Å². The van der Waals surface area contributed by atoms with Gasteiger partial charge < -0.3 is 29.7 Å². The minimum atomic E-state index is -1.53. The lowest BCUT2D eigenvalue weighted by molar-refractivity contribution is -0.123. The lowest BCUT2D eigenvalue weighted by Gasteiger charge is -2.28. The standard InChI is InChI=1S/C24H19NO7/c26-12-24(17-9-20-21(10-19(17)27)32-13-31-20)16-3-1-2-4-18(16)25(23(24)30)11-14-5-7-15(8-6-14)22(28)29/h1-10,26-27H,11-13H2,(H,28,29). The number of carbonyl (C=O) groups excluding carboxylic acids is 1. The monoisotopic (exact) mass is 433 g/mol. The van der Waals surface area contributed by atoms with E-state index in [1.165, 1.54) is 29.2 Å². The third-order valence-corrected chi connectivity index (χ3v) is 5.99. The molecule has 0 spiro atoms. The third-order valence-electron chi connectivity index (χ3n) is 5.99. The molecule has 1 unspecified atom stereocenters. The highest BCUT2D eigenvalue weighted by molar-refractivity contribution is 6.11. The molecule has 0 aliphatic carbocycles. The molecular weight excluding hydrogens is 414 g/mol. The lowest BCUT2D eigenvalue weighted by atomic mass is 9.75. The van der Waals surface area contributed by atoms with Crippen molar-refractivity contribution in [1.82, 2.24) is 0 Å². The summed E-state index contributed by atoms with van der Waals surface area (Å²) in [7, 11) is 0. The molecule has 0 fully saturated rings. The summed E-state index contributed by atoms with van der Waals surface area (Å²) < 4.78 is 10.7. The van der Waals surface area contributed by atoms with E-state index >= 15 is 0 Å². The van der Waals surface area contributed by atoms with Crippen LogP contribution >= 0.6 is 0 Å². The van der Waals surface area contributed by atoms with Gasteiger partial charge in [-0.2, -0.15) is 0 Å². The highest BCUT2D eigenvalue weighted by Gasteiger charge is 2.53. The molecule has 1 amide bonds. The minimum absolute atomic E-state index is 0.00729. The van der Waals surface area contributed by atoms with Gasteiger partial charge in [-0.1, -0.05) is 30.3 Å². The number of carbonyl (C=O) groups is 2. The van der Waals surface area contributed by atoms with Crippen LogP contribution in [-0.2, 0) is 16.8 Å². The Labute approximate surface area is 182 Å². The van der Waals surface area contributed by atoms with Gasteiger partial charge in [0.15, 0.2) is 11.5 Å². The number of anilines is 1. The molecule has 2 aliphatic rings. The molecule has 0 bridgehead atoms. The number of aliphatic hydroxyl groups excluding tert-OH is 1. The highest BCUT2D eigenvalue weighted by Crippen LogP contribution is 2.51. The molecule has 0 saturated heterocycles. The molecule has 3 N–H and O–H groups in total. The molecule has 0 radical (unpaired) electrons. The summed E-state index contributed by atoms with van der Waals surface area (Å²) in [5.41, 5.74) is 0.738. The van der Waals surface area contributed by atoms with Gasteiger partial charge in [-0.05, 0) is 35.4 Å². The smallest absolute Gasteiger partial charge is 0.335 e. The van der Waals surface area contributed by atoms with Crippen LogP contribution < -0.4 is 14.4 Å². The molecule has 32 heavy (non-hydrogen) atoms. The zero-order chi connectivity index (χ0) is 22.5. The molecule has 3 aromatic carbocycles. The quantitative estimate of drug-likeness (QED) is 0.566. The maximum atomic E-state index is 13.8. The predicted molar refractivity (Wildman–Crippen MR) is 113 cm³/mol. The molecule has 2 aliphatic heterocycles. The Hall–Kier alpha value is -4.04. The number of nitrogens with zero attached hydrogens (tertiary/aromatic N) is 1. The van der Waals surface area contributed by atoms with E-state index in [-0.39, 0.29) is 30.2 Å². The molecule has 8 heteroatoms. The first kappa shape index (κ1) is 19.9. The van der Waals surface area contributed by atoms with Gasteiger partial charge in [0.1, 0.15) is 11.2 Å². The average Bonchev–Trinajstić information content (AvgIpc) is 3.34. The van der Waals surface area contributed by atoms with Gasteiger partial charge in [0, 0.05) is 17.3 Å². The summed E-state index contributed by atoms with van der Waals surface area (Å²) in [4.78, 5) is 26.5. The summed E-state index contributed by atoms with van der Waals surface area (Å²) in [6.07, 6.45) is 0. The number of phenols is 1. The summed E-state index contributed by atoms with van der Waals surface area (Å²) >= 11 is 0. The van der Waals surface area contributed by atoms with Gasteiger partial charge in [0.2, 0.25) is 12.7 Å². The molecule has 0 saturated carbocycles. The van der Waals surface area contributed by atoms with Crippen LogP contribution in [0.4, 0.5) is 5.69 Å². The summed E-state index contributed by atoms with van der Waals surface area (Å²) in [6.45, 7) is -0.388. The Bertz CT molecular complexity index is 1240. The molecule has 8 nitrogen and oxygen atoms in total. The second kappa shape index (κ2) is 7.28. The second-order valence-corrected chi connectivity index (χ2v) is 7.70. The number of benzene rings is 3. The molecule has 3 aromatic rings. The number of carboxylic acid groups (broad SMARTS) is 1. The maximum absolute atomic E-state index is 13.8. The number of aromatic hydroxyl groups is 1. The number of phenolic OH excluding ortho intramolecular Hbond substituents is 1. The van der Waals surface area contributed by atoms with E-state index in [4.69, 9.17) is 14.6 Å². The largest absolute Gasteiger partial charge is 0.507 e. The predicted octanol–water partition coefficient (Wildman–Crippen LogP) is 2.64. The third kappa shape index (κ3) is 2.80. The first-order chi connectivity index (χ1) is 15.5. The normalized spacial score (nSPS) is 18.7. The van der Waals surface area contributed by atoms with Crippen molar-refractivity contribution < 1.29 is 34.4 Å². The number of rotatable bonds is 5. The van der Waals surface area contributed by atoms with Crippen molar-refractivity contribution in [2.75, 3.05) is 18.3 Å². The van der Waals surface area contributed by atoms with Crippen LogP contribution in [-0.4, -0.2) is 40.6 Å². The summed E-state index contributed by atoms with van der Waals surface area (Å²) in [5.74, 6) is -0.861. The number of aliphatic hydroxyl groups is 1. The number of amides is 1. The first-order valence-corrected chi connectivity index (χ1v) is 9.93. The Morgan fingerprint density at radius 2 is 1.69 bits per heavy atom. The lowest BCUT2D eigenvalue weighted by Crippen LogP contribution is -2.43. The Morgan fingerprint density at radius 1 is 1.00 bits per heavy atom. The average molecular weight is 433 g/mol. The highest BCUT2D eigenvalue weighted by atomic mass is 16.7. The van der Waals surface area contributed by atoms with Gasteiger partial charge >= 0.3 is 5.97 Å². The number of aromatic carboxylic acids is 1. The van der Waals surface area contributed by atoms with Crippen LogP contribution in [0.15, 0.2) is 60.7 Å². The first-order valence-electron chi connectivity index (χ1n) is 9.93. The Balaban J connectivity index is 1.61. The van der Waals surface area contributed by atoms with Crippen molar-refractivity contribution in [1.29, 1.82) is 0 Å². The van der Waals surface area contributed by atoms with E-state index in [9.17, 15) is 19.8 Å². The number of fused-ring (bicyclic) bond motifs is 2. The van der Waals surface area contributed by atoms with Gasteiger partial charge in [0.25, 0.3) is 0 Å². The van der Waals surface area contributed by atoms with Crippen molar-refractivity contribution in [3.63, 3.8) is 0 Å². The van der Waals surface area contributed by atoms with Crippen molar-refractivity contribution in [3.05, 3.63) is 82.9 Å². The van der Waals surface area contributed by atoms with E-state index in [0.717, 1.165) is 5.56 Å². The number of para-hydroxylation sites is 1. The van der Waals surface area contributed by atoms with E-state index in [1.54, 1.807) is 36.4 Å². The van der Waals surface area contributed by atoms with Crippen LogP contribution in [0.2, 0.25) is 0 Å². The van der Waals surface area contributed by atoms with Crippen molar-refractivity contribution in [3.8, 4) is 17.2 Å². The second-order valence-electron chi connectivity index (χ2n) is 7.70. The van der Waals surface area contributed by atoms with E-state index in [2.05, 4.69) is 0 Å². The summed E-state index contributed by atoms with van der Waals surface area (Å²) in [5, 5.41) is 30.4. The maximum Gasteiger partial charge on any atom is 0.335 e. The molecule has 2 heterocycles. The van der Waals surface area contributed by atoms with Crippen LogP contribution in [0, 0.1) is 0 Å². The van der Waals surface area contributed by atoms with Gasteiger partial charge in [-0.15, -0.1) is 0 Å². The number of carboxylic acids is 1. The van der Waals surface area contributed by atoms with E-state index < -0.39 is 23.9 Å².